The number of hydrogen-bond acceptors (Lipinski definition) is 7. The Labute approximate surface area is 194 Å². The number of nitrogens with zero attached hydrogens (tertiary/aromatic N) is 2. The Hall–Kier alpha value is -3.10. The summed E-state index contributed by atoms with van der Waals surface area (Å²) >= 11 is 2.97. The number of carbonyl (C=O) groups is 1. The third-order valence-electron chi connectivity index (χ3n) is 4.85. The summed E-state index contributed by atoms with van der Waals surface area (Å²) in [5.41, 5.74) is 3.50. The number of rotatable bonds is 7. The molecule has 8 heteroatoms. The summed E-state index contributed by atoms with van der Waals surface area (Å²) in [6.07, 6.45) is 1.53. The summed E-state index contributed by atoms with van der Waals surface area (Å²) in [7, 11) is 0. The van der Waals surface area contributed by atoms with Gasteiger partial charge in [-0.05, 0) is 56.2 Å². The Balaban J connectivity index is 1.59. The fourth-order valence-corrected chi connectivity index (χ4v) is 5.31. The first kappa shape index (κ1) is 22.1. The summed E-state index contributed by atoms with van der Waals surface area (Å²) in [4.78, 5) is 23.5. The Morgan fingerprint density at radius 1 is 1.16 bits per heavy atom. The maximum atomic E-state index is 12.5. The van der Waals surface area contributed by atoms with E-state index < -0.39 is 0 Å². The summed E-state index contributed by atoms with van der Waals surface area (Å²) in [6, 6.07) is 13.1. The Morgan fingerprint density at radius 3 is 2.69 bits per heavy atom. The lowest BCUT2D eigenvalue weighted by atomic mass is 10.0. The zero-order valence-electron chi connectivity index (χ0n) is 18.0. The van der Waals surface area contributed by atoms with Crippen LogP contribution in [-0.2, 0) is 4.79 Å². The normalized spacial score (nSPS) is 11.0. The second kappa shape index (κ2) is 9.58. The summed E-state index contributed by atoms with van der Waals surface area (Å²) < 4.78 is 5.56. The van der Waals surface area contributed by atoms with Gasteiger partial charge in [-0.25, -0.2) is 9.97 Å². The van der Waals surface area contributed by atoms with Crippen LogP contribution in [0.5, 0.6) is 11.5 Å². The van der Waals surface area contributed by atoms with Crippen LogP contribution in [-0.4, -0.2) is 33.3 Å². The van der Waals surface area contributed by atoms with Gasteiger partial charge in [-0.1, -0.05) is 30.0 Å². The first-order valence-electron chi connectivity index (χ1n) is 10.2. The second-order valence-electron chi connectivity index (χ2n) is 7.21. The van der Waals surface area contributed by atoms with Crippen molar-refractivity contribution < 1.29 is 14.6 Å². The van der Waals surface area contributed by atoms with Crippen LogP contribution in [0.15, 0.2) is 53.8 Å². The first-order chi connectivity index (χ1) is 15.5. The number of ether oxygens (including phenoxy) is 1. The number of amides is 1. The minimum absolute atomic E-state index is 0.0459. The van der Waals surface area contributed by atoms with Gasteiger partial charge in [0.1, 0.15) is 27.7 Å². The van der Waals surface area contributed by atoms with E-state index in [1.165, 1.54) is 18.1 Å². The molecular formula is C24H23N3O3S2. The van der Waals surface area contributed by atoms with Gasteiger partial charge >= 0.3 is 0 Å². The van der Waals surface area contributed by atoms with Gasteiger partial charge in [-0.15, -0.1) is 11.3 Å². The third-order valence-corrected chi connectivity index (χ3v) is 6.85. The van der Waals surface area contributed by atoms with Crippen molar-refractivity contribution in [3.63, 3.8) is 0 Å². The van der Waals surface area contributed by atoms with E-state index in [9.17, 15) is 9.90 Å². The largest absolute Gasteiger partial charge is 0.506 e. The summed E-state index contributed by atoms with van der Waals surface area (Å²) in [5.74, 6) is 0.828. The highest BCUT2D eigenvalue weighted by atomic mass is 32.2. The molecule has 0 bridgehead atoms. The molecule has 0 saturated heterocycles. The maximum absolute atomic E-state index is 12.5. The predicted molar refractivity (Wildman–Crippen MR) is 131 cm³/mol. The Bertz CT molecular complexity index is 1270. The number of hydrogen-bond donors (Lipinski definition) is 2. The van der Waals surface area contributed by atoms with Crippen molar-refractivity contribution in [1.82, 2.24) is 9.97 Å². The molecule has 6 nitrogen and oxygen atoms in total. The van der Waals surface area contributed by atoms with Crippen LogP contribution in [0, 0.1) is 13.8 Å². The van der Waals surface area contributed by atoms with E-state index >= 15 is 0 Å². The molecule has 0 unspecified atom stereocenters. The summed E-state index contributed by atoms with van der Waals surface area (Å²) in [5, 5.41) is 14.5. The van der Waals surface area contributed by atoms with Crippen LogP contribution in [0.25, 0.3) is 21.3 Å². The fraction of sp³-hybridized carbons (Fsp3) is 0.208. The first-order valence-corrected chi connectivity index (χ1v) is 12.0. The molecule has 0 aliphatic heterocycles. The molecular weight excluding hydrogens is 442 g/mol. The van der Waals surface area contributed by atoms with Crippen LogP contribution in [0.3, 0.4) is 0 Å². The molecule has 164 valence electrons. The number of aryl methyl sites for hydroxylation is 2. The molecule has 2 aromatic carbocycles. The lowest BCUT2D eigenvalue weighted by molar-refractivity contribution is -0.113. The monoisotopic (exact) mass is 465 g/mol. The molecule has 1 amide bonds. The average molecular weight is 466 g/mol. The van der Waals surface area contributed by atoms with Crippen LogP contribution in [0.2, 0.25) is 0 Å². The number of anilines is 1. The van der Waals surface area contributed by atoms with Crippen molar-refractivity contribution in [3.05, 3.63) is 59.2 Å². The number of aromatic nitrogens is 2. The number of phenolic OH excluding ortho intramolecular Hbond substituents is 1. The van der Waals surface area contributed by atoms with Gasteiger partial charge < -0.3 is 15.2 Å². The van der Waals surface area contributed by atoms with Crippen LogP contribution < -0.4 is 10.1 Å². The molecule has 0 fully saturated rings. The average Bonchev–Trinajstić information content (AvgIpc) is 3.12. The zero-order valence-corrected chi connectivity index (χ0v) is 19.6. The Morgan fingerprint density at radius 2 is 1.94 bits per heavy atom. The number of aromatic hydroxyl groups is 1. The highest BCUT2D eigenvalue weighted by molar-refractivity contribution is 8.00. The molecule has 0 atom stereocenters. The molecule has 2 aromatic heterocycles. The number of thiophene rings is 1. The number of phenols is 1. The van der Waals surface area contributed by atoms with Crippen LogP contribution in [0.1, 0.15) is 17.4 Å². The number of thioether (sulfide) groups is 1. The molecule has 0 spiro atoms. The molecule has 0 aliphatic rings. The van der Waals surface area contributed by atoms with E-state index in [-0.39, 0.29) is 17.4 Å². The molecule has 0 aliphatic carbocycles. The van der Waals surface area contributed by atoms with Crippen molar-refractivity contribution in [2.45, 2.75) is 25.8 Å². The number of benzene rings is 2. The summed E-state index contributed by atoms with van der Waals surface area (Å²) in [6.45, 7) is 6.56. The lowest BCUT2D eigenvalue weighted by Crippen LogP contribution is -2.14. The van der Waals surface area contributed by atoms with Gasteiger partial charge in [0.05, 0.1) is 23.4 Å². The van der Waals surface area contributed by atoms with E-state index in [0.717, 1.165) is 42.6 Å². The van der Waals surface area contributed by atoms with Crippen molar-refractivity contribution in [3.8, 4) is 22.6 Å². The second-order valence-corrected chi connectivity index (χ2v) is 9.37. The van der Waals surface area contributed by atoms with Gasteiger partial charge in [0.15, 0.2) is 0 Å². The molecule has 0 saturated carbocycles. The molecule has 4 rings (SSSR count). The number of nitrogens with one attached hydrogen (secondary N) is 1. The predicted octanol–water partition coefficient (Wildman–Crippen LogP) is 5.81. The van der Waals surface area contributed by atoms with Gasteiger partial charge in [-0.3, -0.25) is 4.79 Å². The molecule has 0 radical (unpaired) electrons. The van der Waals surface area contributed by atoms with Gasteiger partial charge in [0.2, 0.25) is 5.91 Å². The number of carbonyl (C=O) groups excluding carboxylic acids is 1. The topological polar surface area (TPSA) is 84.3 Å². The van der Waals surface area contributed by atoms with E-state index in [1.54, 1.807) is 29.5 Å². The molecule has 2 heterocycles. The maximum Gasteiger partial charge on any atom is 0.234 e. The SMILES string of the molecule is CCOc1ccc(-c2c(C)sc3ncnc(SCC(=O)Nc4cc(C)ccc4O)c23)cc1. The molecule has 32 heavy (non-hydrogen) atoms. The van der Waals surface area contributed by atoms with E-state index in [2.05, 4.69) is 22.2 Å². The minimum Gasteiger partial charge on any atom is -0.506 e. The van der Waals surface area contributed by atoms with Gasteiger partial charge in [-0.2, -0.15) is 0 Å². The smallest absolute Gasteiger partial charge is 0.234 e. The highest BCUT2D eigenvalue weighted by Gasteiger charge is 2.18. The van der Waals surface area contributed by atoms with Crippen LogP contribution in [0.4, 0.5) is 5.69 Å². The Kier molecular flexibility index (Phi) is 6.62. The van der Waals surface area contributed by atoms with E-state index in [4.69, 9.17) is 4.74 Å². The lowest BCUT2D eigenvalue weighted by Gasteiger charge is -2.09. The van der Waals surface area contributed by atoms with Crippen molar-refractivity contribution in [2.75, 3.05) is 17.7 Å². The quantitative estimate of drug-likeness (QED) is 0.204. The standard InChI is InChI=1S/C24H23N3O3S2/c1-4-30-17-8-6-16(7-9-17)21-15(3)32-24-22(21)23(25-13-26-24)31-12-20(29)27-18-11-14(2)5-10-19(18)28/h5-11,13,28H,4,12H2,1-3H3,(H,27,29). The van der Waals surface area contributed by atoms with E-state index in [1.807, 2.05) is 38.1 Å². The highest BCUT2D eigenvalue weighted by Crippen LogP contribution is 2.41. The fourth-order valence-electron chi connectivity index (χ4n) is 3.43. The van der Waals surface area contributed by atoms with E-state index in [0.29, 0.717) is 12.3 Å². The molecule has 2 N–H and O–H groups in total. The number of fused-ring (bicyclic) bond motifs is 1. The van der Waals surface area contributed by atoms with Gasteiger partial charge in [0, 0.05) is 10.4 Å². The minimum atomic E-state index is -0.211. The van der Waals surface area contributed by atoms with Crippen LogP contribution >= 0.6 is 23.1 Å². The zero-order chi connectivity index (χ0) is 22.7. The third kappa shape index (κ3) is 4.71. The van der Waals surface area contributed by atoms with Crippen molar-refractivity contribution in [1.29, 1.82) is 0 Å². The van der Waals surface area contributed by atoms with Crippen molar-refractivity contribution >= 4 is 44.9 Å². The molecule has 4 aromatic rings. The van der Waals surface area contributed by atoms with Gasteiger partial charge in [0.25, 0.3) is 0 Å². The van der Waals surface area contributed by atoms with Crippen molar-refractivity contribution in [2.24, 2.45) is 0 Å².